The number of carbonyl (C=O) groups excluding carboxylic acids is 2. The second-order valence-corrected chi connectivity index (χ2v) is 9.11. The van der Waals surface area contributed by atoms with Crippen LogP contribution in [0.2, 0.25) is 0 Å². The minimum absolute atomic E-state index is 0.220. The Hall–Kier alpha value is -4.13. The largest absolute Gasteiger partial charge is 0.496 e. The van der Waals surface area contributed by atoms with Crippen molar-refractivity contribution in [3.63, 3.8) is 0 Å². The van der Waals surface area contributed by atoms with E-state index < -0.39 is 17.4 Å². The molecule has 0 spiro atoms. The third-order valence-electron chi connectivity index (χ3n) is 6.96. The molecule has 5 rings (SSSR count). The molecule has 0 unspecified atom stereocenters. The van der Waals surface area contributed by atoms with Gasteiger partial charge in [-0.3, -0.25) is 4.79 Å². The molecule has 4 aromatic rings. The van der Waals surface area contributed by atoms with Crippen LogP contribution < -0.4 is 10.1 Å². The highest BCUT2D eigenvalue weighted by Crippen LogP contribution is 2.34. The number of aromatic nitrogens is 2. The maximum atomic E-state index is 13.6. The van der Waals surface area contributed by atoms with Gasteiger partial charge in [-0.1, -0.05) is 67.8 Å². The monoisotopic (exact) mass is 483 g/mol. The summed E-state index contributed by atoms with van der Waals surface area (Å²) in [7, 11) is 2.98. The summed E-state index contributed by atoms with van der Waals surface area (Å²) in [4.78, 5) is 26.3. The van der Waals surface area contributed by atoms with Crippen LogP contribution >= 0.6 is 0 Å². The van der Waals surface area contributed by atoms with Crippen molar-refractivity contribution < 1.29 is 19.1 Å². The van der Waals surface area contributed by atoms with Crippen molar-refractivity contribution in [2.45, 2.75) is 37.6 Å². The van der Waals surface area contributed by atoms with Crippen molar-refractivity contribution in [2.24, 2.45) is 0 Å². The molecule has 0 radical (unpaired) electrons. The van der Waals surface area contributed by atoms with Gasteiger partial charge in [0.15, 0.2) is 5.69 Å². The van der Waals surface area contributed by atoms with Gasteiger partial charge < -0.3 is 14.8 Å². The van der Waals surface area contributed by atoms with E-state index in [0.717, 1.165) is 41.3 Å². The Morgan fingerprint density at radius 1 is 0.917 bits per heavy atom. The SMILES string of the molecule is COC(=O)C1(NC(=O)c2cc(-c3ccccc3OC)n(-c3cccc4ccccc34)n2)CCCCC1. The molecule has 1 fully saturated rings. The van der Waals surface area contributed by atoms with Gasteiger partial charge in [-0.15, -0.1) is 0 Å². The molecule has 184 valence electrons. The number of rotatable bonds is 6. The van der Waals surface area contributed by atoms with Crippen LogP contribution in [0.1, 0.15) is 42.6 Å². The van der Waals surface area contributed by atoms with E-state index in [1.54, 1.807) is 17.9 Å². The van der Waals surface area contributed by atoms with Crippen LogP contribution in [-0.2, 0) is 9.53 Å². The molecular formula is C29H29N3O4. The Kier molecular flexibility index (Phi) is 6.46. The molecule has 1 aliphatic rings. The van der Waals surface area contributed by atoms with Crippen LogP contribution in [0.5, 0.6) is 5.75 Å². The fourth-order valence-corrected chi connectivity index (χ4v) is 5.13. The number of ether oxygens (including phenoxy) is 2. The number of benzene rings is 3. The van der Waals surface area contributed by atoms with Crippen LogP contribution in [0.4, 0.5) is 0 Å². The lowest BCUT2D eigenvalue weighted by Gasteiger charge is -2.34. The van der Waals surface area contributed by atoms with Gasteiger partial charge in [0.2, 0.25) is 0 Å². The van der Waals surface area contributed by atoms with Crippen molar-refractivity contribution in [1.29, 1.82) is 0 Å². The van der Waals surface area contributed by atoms with Gasteiger partial charge in [-0.05, 0) is 42.5 Å². The van der Waals surface area contributed by atoms with Crippen LogP contribution in [0.25, 0.3) is 27.7 Å². The van der Waals surface area contributed by atoms with Gasteiger partial charge in [0.05, 0.1) is 25.6 Å². The molecule has 1 aliphatic carbocycles. The van der Waals surface area contributed by atoms with E-state index in [4.69, 9.17) is 14.6 Å². The average Bonchev–Trinajstić information content (AvgIpc) is 3.38. The molecule has 1 N–H and O–H groups in total. The summed E-state index contributed by atoms with van der Waals surface area (Å²) in [6.07, 6.45) is 3.84. The van der Waals surface area contributed by atoms with Gasteiger partial charge in [-0.25, -0.2) is 9.48 Å². The number of methoxy groups -OCH3 is 2. The highest BCUT2D eigenvalue weighted by atomic mass is 16.5. The number of nitrogens with one attached hydrogen (secondary N) is 1. The molecule has 0 bridgehead atoms. The average molecular weight is 484 g/mol. The van der Waals surface area contributed by atoms with Crippen LogP contribution in [-0.4, -0.2) is 41.4 Å². The van der Waals surface area contributed by atoms with E-state index in [0.29, 0.717) is 24.3 Å². The van der Waals surface area contributed by atoms with Gasteiger partial charge in [0, 0.05) is 10.9 Å². The first-order valence-corrected chi connectivity index (χ1v) is 12.2. The number of esters is 1. The maximum Gasteiger partial charge on any atom is 0.331 e. The second-order valence-electron chi connectivity index (χ2n) is 9.11. The minimum atomic E-state index is -1.03. The number of carbonyl (C=O) groups is 2. The molecule has 1 heterocycles. The normalized spacial score (nSPS) is 14.8. The molecule has 1 aromatic heterocycles. The smallest absolute Gasteiger partial charge is 0.331 e. The fourth-order valence-electron chi connectivity index (χ4n) is 5.13. The van der Waals surface area contributed by atoms with E-state index in [2.05, 4.69) is 5.32 Å². The summed E-state index contributed by atoms with van der Waals surface area (Å²) in [6.45, 7) is 0. The zero-order valence-corrected chi connectivity index (χ0v) is 20.5. The summed E-state index contributed by atoms with van der Waals surface area (Å²) in [5.41, 5.74) is 1.55. The third kappa shape index (κ3) is 4.21. The number of hydrogen-bond donors (Lipinski definition) is 1. The zero-order valence-electron chi connectivity index (χ0n) is 20.5. The van der Waals surface area contributed by atoms with Crippen LogP contribution in [0.15, 0.2) is 72.8 Å². The molecule has 7 nitrogen and oxygen atoms in total. The predicted molar refractivity (Wildman–Crippen MR) is 138 cm³/mol. The molecule has 0 atom stereocenters. The van der Waals surface area contributed by atoms with Crippen molar-refractivity contribution in [1.82, 2.24) is 15.1 Å². The van der Waals surface area contributed by atoms with E-state index in [1.807, 2.05) is 66.7 Å². The van der Waals surface area contributed by atoms with E-state index in [1.165, 1.54) is 7.11 Å². The summed E-state index contributed by atoms with van der Waals surface area (Å²) in [6, 6.07) is 23.4. The maximum absolute atomic E-state index is 13.6. The standard InChI is InChI=1S/C29H29N3O4/c1-35-26-16-7-6-14-22(26)25-19-23(27(33)30-29(28(34)36-2)17-8-3-9-18-29)31-32(25)24-15-10-12-20-11-4-5-13-21(20)24/h4-7,10-16,19H,3,8-9,17-18H2,1-2H3,(H,30,33). The summed E-state index contributed by atoms with van der Waals surface area (Å²) in [5.74, 6) is -0.143. The van der Waals surface area contributed by atoms with Crippen LogP contribution in [0, 0.1) is 0 Å². The number of hydrogen-bond acceptors (Lipinski definition) is 5. The molecular weight excluding hydrogens is 454 g/mol. The van der Waals surface area contributed by atoms with Crippen molar-refractivity contribution in [3.05, 3.63) is 78.5 Å². The Morgan fingerprint density at radius 2 is 1.64 bits per heavy atom. The molecule has 0 aliphatic heterocycles. The predicted octanol–water partition coefficient (Wildman–Crippen LogP) is 5.31. The summed E-state index contributed by atoms with van der Waals surface area (Å²) < 4.78 is 12.5. The lowest BCUT2D eigenvalue weighted by atomic mass is 9.81. The molecule has 7 heteroatoms. The Labute approximate surface area is 210 Å². The first kappa shape index (κ1) is 23.6. The fraction of sp³-hybridized carbons (Fsp3) is 0.276. The van der Waals surface area contributed by atoms with Gasteiger partial charge in [-0.2, -0.15) is 5.10 Å². The van der Waals surface area contributed by atoms with Gasteiger partial charge in [0.1, 0.15) is 11.3 Å². The third-order valence-corrected chi connectivity index (χ3v) is 6.96. The Morgan fingerprint density at radius 3 is 2.42 bits per heavy atom. The molecule has 36 heavy (non-hydrogen) atoms. The molecule has 1 amide bonds. The van der Waals surface area contributed by atoms with Gasteiger partial charge in [0.25, 0.3) is 5.91 Å². The second kappa shape index (κ2) is 9.85. The molecule has 3 aromatic carbocycles. The highest BCUT2D eigenvalue weighted by Gasteiger charge is 2.42. The summed E-state index contributed by atoms with van der Waals surface area (Å²) in [5, 5.41) is 9.82. The van der Waals surface area contributed by atoms with Crippen molar-refractivity contribution in [3.8, 4) is 22.7 Å². The van der Waals surface area contributed by atoms with Crippen molar-refractivity contribution in [2.75, 3.05) is 14.2 Å². The molecule has 0 saturated heterocycles. The van der Waals surface area contributed by atoms with E-state index >= 15 is 0 Å². The number of nitrogens with zero attached hydrogens (tertiary/aromatic N) is 2. The van der Waals surface area contributed by atoms with Crippen molar-refractivity contribution >= 4 is 22.6 Å². The summed E-state index contributed by atoms with van der Waals surface area (Å²) >= 11 is 0. The van der Waals surface area contributed by atoms with E-state index in [-0.39, 0.29) is 5.69 Å². The first-order chi connectivity index (χ1) is 17.6. The lowest BCUT2D eigenvalue weighted by Crippen LogP contribution is -2.56. The van der Waals surface area contributed by atoms with Crippen LogP contribution in [0.3, 0.4) is 0 Å². The number of para-hydroxylation sites is 1. The highest BCUT2D eigenvalue weighted by molar-refractivity contribution is 5.98. The quantitative estimate of drug-likeness (QED) is 0.376. The lowest BCUT2D eigenvalue weighted by molar-refractivity contribution is -0.149. The topological polar surface area (TPSA) is 82.5 Å². The zero-order chi connectivity index (χ0) is 25.1. The number of amides is 1. The van der Waals surface area contributed by atoms with E-state index in [9.17, 15) is 9.59 Å². The Balaban J connectivity index is 1.64. The van der Waals surface area contributed by atoms with Gasteiger partial charge >= 0.3 is 5.97 Å². The molecule has 1 saturated carbocycles. The number of fused-ring (bicyclic) bond motifs is 1. The Bertz CT molecular complexity index is 1410. The first-order valence-electron chi connectivity index (χ1n) is 12.2. The minimum Gasteiger partial charge on any atom is -0.496 e.